The van der Waals surface area contributed by atoms with Crippen molar-refractivity contribution in [2.24, 2.45) is 0 Å². The quantitative estimate of drug-likeness (QED) is 0.840. The summed E-state index contributed by atoms with van der Waals surface area (Å²) >= 11 is 0. The Kier molecular flexibility index (Phi) is 5.84. The maximum Gasteiger partial charge on any atom is 0.255 e. The highest BCUT2D eigenvalue weighted by Gasteiger charge is 2.14. The van der Waals surface area contributed by atoms with Crippen LogP contribution in [-0.2, 0) is 0 Å². The van der Waals surface area contributed by atoms with Gasteiger partial charge in [-0.25, -0.2) is 0 Å². The van der Waals surface area contributed by atoms with E-state index in [1.54, 1.807) is 43.4 Å². The number of methoxy groups -OCH3 is 3. The van der Waals surface area contributed by atoms with Gasteiger partial charge in [0, 0.05) is 18.2 Å². The molecule has 2 amide bonds. The van der Waals surface area contributed by atoms with Crippen LogP contribution in [0.3, 0.4) is 0 Å². The van der Waals surface area contributed by atoms with Crippen LogP contribution in [-0.4, -0.2) is 40.2 Å². The minimum absolute atomic E-state index is 0.240. The molecule has 7 nitrogen and oxygen atoms in total. The Labute approximate surface area is 145 Å². The number of rotatable bonds is 6. The van der Waals surface area contributed by atoms with Crippen LogP contribution in [0.15, 0.2) is 36.4 Å². The lowest BCUT2D eigenvalue weighted by Gasteiger charge is -2.13. The van der Waals surface area contributed by atoms with E-state index in [-0.39, 0.29) is 11.8 Å². The van der Waals surface area contributed by atoms with E-state index in [0.717, 1.165) is 0 Å². The van der Waals surface area contributed by atoms with Gasteiger partial charge in [0.25, 0.3) is 11.8 Å². The number of anilines is 1. The SMILES string of the molecule is CNC(=O)c1ccc(NC(=O)c2ccc(OC)c(OC)c2)c(OC)c1. The average Bonchev–Trinajstić information content (AvgIpc) is 2.66. The molecule has 0 radical (unpaired) electrons. The van der Waals surface area contributed by atoms with Crippen molar-refractivity contribution in [1.29, 1.82) is 0 Å². The van der Waals surface area contributed by atoms with Gasteiger partial charge in [-0.1, -0.05) is 0 Å². The Hall–Kier alpha value is -3.22. The molecule has 0 atom stereocenters. The lowest BCUT2D eigenvalue weighted by atomic mass is 10.1. The van der Waals surface area contributed by atoms with Gasteiger partial charge in [-0.3, -0.25) is 9.59 Å². The van der Waals surface area contributed by atoms with Gasteiger partial charge in [-0.15, -0.1) is 0 Å². The van der Waals surface area contributed by atoms with Gasteiger partial charge in [0.05, 0.1) is 27.0 Å². The largest absolute Gasteiger partial charge is 0.495 e. The minimum Gasteiger partial charge on any atom is -0.495 e. The van der Waals surface area contributed by atoms with Crippen molar-refractivity contribution >= 4 is 17.5 Å². The Morgan fingerprint density at radius 2 is 1.32 bits per heavy atom. The number of benzene rings is 2. The van der Waals surface area contributed by atoms with E-state index < -0.39 is 0 Å². The summed E-state index contributed by atoms with van der Waals surface area (Å²) in [7, 11) is 6.03. The number of carbonyl (C=O) groups is 2. The van der Waals surface area contributed by atoms with Crippen molar-refractivity contribution in [3.8, 4) is 17.2 Å². The van der Waals surface area contributed by atoms with Gasteiger partial charge in [0.15, 0.2) is 11.5 Å². The number of hydrogen-bond acceptors (Lipinski definition) is 5. The second kappa shape index (κ2) is 8.05. The predicted molar refractivity (Wildman–Crippen MR) is 93.9 cm³/mol. The standard InChI is InChI=1S/C18H20N2O5/c1-19-17(21)11-5-7-13(15(9-11)24-3)20-18(22)12-6-8-14(23-2)16(10-12)25-4/h5-10H,1-4H3,(H,19,21)(H,20,22). The second-order valence-electron chi connectivity index (χ2n) is 5.02. The van der Waals surface area contributed by atoms with Crippen LogP contribution in [0.4, 0.5) is 5.69 Å². The van der Waals surface area contributed by atoms with E-state index in [4.69, 9.17) is 14.2 Å². The summed E-state index contributed by atoms with van der Waals surface area (Å²) in [6, 6.07) is 9.64. The smallest absolute Gasteiger partial charge is 0.255 e. The summed E-state index contributed by atoms with van der Waals surface area (Å²) < 4.78 is 15.6. The summed E-state index contributed by atoms with van der Waals surface area (Å²) in [5.41, 5.74) is 1.29. The molecule has 0 aliphatic rings. The van der Waals surface area contributed by atoms with E-state index >= 15 is 0 Å². The zero-order valence-electron chi connectivity index (χ0n) is 14.5. The molecule has 0 saturated carbocycles. The van der Waals surface area contributed by atoms with Crippen LogP contribution >= 0.6 is 0 Å². The third kappa shape index (κ3) is 4.00. The number of carbonyl (C=O) groups excluding carboxylic acids is 2. The number of nitrogens with one attached hydrogen (secondary N) is 2. The molecule has 0 bridgehead atoms. The molecule has 0 unspecified atom stereocenters. The molecule has 0 spiro atoms. The molecule has 0 aliphatic heterocycles. The topological polar surface area (TPSA) is 85.9 Å². The monoisotopic (exact) mass is 344 g/mol. The van der Waals surface area contributed by atoms with Crippen molar-refractivity contribution < 1.29 is 23.8 Å². The first-order valence-electron chi connectivity index (χ1n) is 7.47. The van der Waals surface area contributed by atoms with Crippen LogP contribution < -0.4 is 24.8 Å². The van der Waals surface area contributed by atoms with E-state index in [1.165, 1.54) is 21.3 Å². The molecule has 2 aromatic rings. The summed E-state index contributed by atoms with van der Waals surface area (Å²) in [6.45, 7) is 0. The van der Waals surface area contributed by atoms with Crippen molar-refractivity contribution in [2.75, 3.05) is 33.7 Å². The fourth-order valence-corrected chi connectivity index (χ4v) is 2.25. The second-order valence-corrected chi connectivity index (χ2v) is 5.02. The molecule has 0 aromatic heterocycles. The Bertz CT molecular complexity index is 789. The van der Waals surface area contributed by atoms with E-state index in [0.29, 0.717) is 34.1 Å². The molecule has 2 aromatic carbocycles. The summed E-state index contributed by atoms with van der Waals surface area (Å²) in [6.07, 6.45) is 0. The zero-order valence-corrected chi connectivity index (χ0v) is 14.5. The van der Waals surface area contributed by atoms with Gasteiger partial charge in [0.1, 0.15) is 5.75 Å². The first-order chi connectivity index (χ1) is 12.0. The molecule has 2 rings (SSSR count). The number of ether oxygens (including phenoxy) is 3. The minimum atomic E-state index is -0.341. The molecule has 132 valence electrons. The molecule has 2 N–H and O–H groups in total. The van der Waals surface area contributed by atoms with Gasteiger partial charge < -0.3 is 24.8 Å². The Morgan fingerprint density at radius 1 is 0.760 bits per heavy atom. The lowest BCUT2D eigenvalue weighted by Crippen LogP contribution is -2.18. The van der Waals surface area contributed by atoms with Gasteiger partial charge in [0.2, 0.25) is 0 Å². The van der Waals surface area contributed by atoms with Crippen LogP contribution in [0.1, 0.15) is 20.7 Å². The Morgan fingerprint density at radius 3 is 1.92 bits per heavy atom. The summed E-state index contributed by atoms with van der Waals surface area (Å²) in [5.74, 6) is 0.793. The van der Waals surface area contributed by atoms with Crippen molar-refractivity contribution in [3.05, 3.63) is 47.5 Å². The summed E-state index contributed by atoms with van der Waals surface area (Å²) in [5, 5.41) is 5.29. The molecular formula is C18H20N2O5. The van der Waals surface area contributed by atoms with E-state index in [9.17, 15) is 9.59 Å². The molecular weight excluding hydrogens is 324 g/mol. The predicted octanol–water partition coefficient (Wildman–Crippen LogP) is 2.32. The third-order valence-corrected chi connectivity index (χ3v) is 3.58. The highest BCUT2D eigenvalue weighted by Crippen LogP contribution is 2.29. The van der Waals surface area contributed by atoms with Crippen LogP contribution in [0, 0.1) is 0 Å². The fourth-order valence-electron chi connectivity index (χ4n) is 2.25. The molecule has 0 saturated heterocycles. The normalized spacial score (nSPS) is 9.92. The Balaban J connectivity index is 2.27. The maximum atomic E-state index is 12.5. The van der Waals surface area contributed by atoms with Gasteiger partial charge in [-0.05, 0) is 36.4 Å². The van der Waals surface area contributed by atoms with Crippen molar-refractivity contribution in [1.82, 2.24) is 5.32 Å². The molecule has 7 heteroatoms. The molecule has 0 fully saturated rings. The van der Waals surface area contributed by atoms with E-state index in [2.05, 4.69) is 10.6 Å². The highest BCUT2D eigenvalue weighted by atomic mass is 16.5. The fraction of sp³-hybridized carbons (Fsp3) is 0.222. The maximum absolute atomic E-state index is 12.5. The highest BCUT2D eigenvalue weighted by molar-refractivity contribution is 6.06. The van der Waals surface area contributed by atoms with Crippen molar-refractivity contribution in [3.63, 3.8) is 0 Å². The third-order valence-electron chi connectivity index (χ3n) is 3.58. The van der Waals surface area contributed by atoms with Crippen LogP contribution in [0.25, 0.3) is 0 Å². The lowest BCUT2D eigenvalue weighted by molar-refractivity contribution is 0.0962. The number of hydrogen-bond donors (Lipinski definition) is 2. The van der Waals surface area contributed by atoms with E-state index in [1.807, 2.05) is 0 Å². The van der Waals surface area contributed by atoms with Crippen molar-refractivity contribution in [2.45, 2.75) is 0 Å². The van der Waals surface area contributed by atoms with Crippen LogP contribution in [0.2, 0.25) is 0 Å². The average molecular weight is 344 g/mol. The molecule has 0 heterocycles. The number of amides is 2. The summed E-state index contributed by atoms with van der Waals surface area (Å²) in [4.78, 5) is 24.2. The molecule has 25 heavy (non-hydrogen) atoms. The first kappa shape index (κ1) is 18.1. The van der Waals surface area contributed by atoms with Crippen LogP contribution in [0.5, 0.6) is 17.2 Å². The van der Waals surface area contributed by atoms with Gasteiger partial charge >= 0.3 is 0 Å². The zero-order chi connectivity index (χ0) is 18.4. The van der Waals surface area contributed by atoms with Gasteiger partial charge in [-0.2, -0.15) is 0 Å². The molecule has 0 aliphatic carbocycles. The first-order valence-corrected chi connectivity index (χ1v) is 7.47.